The number of ether oxygens (including phenoxy) is 1. The molecule has 3 aliphatic rings. The second kappa shape index (κ2) is 17.6. The van der Waals surface area contributed by atoms with E-state index in [1.165, 1.54) is 26.5 Å². The lowest BCUT2D eigenvalue weighted by atomic mass is 9.89. The number of benzene rings is 4. The van der Waals surface area contributed by atoms with E-state index in [0.29, 0.717) is 24.5 Å². The second-order valence-corrected chi connectivity index (χ2v) is 18.4. The molecule has 14 heteroatoms. The first kappa shape index (κ1) is 43.5. The molecule has 2 fully saturated rings. The van der Waals surface area contributed by atoms with Gasteiger partial charge in [-0.05, 0) is 103 Å². The van der Waals surface area contributed by atoms with Crippen molar-refractivity contribution in [2.45, 2.75) is 96.0 Å². The Morgan fingerprint density at radius 1 is 0.785 bits per heavy atom. The fourth-order valence-corrected chi connectivity index (χ4v) is 9.62. The number of aryl methyl sites for hydroxylation is 2. The molecule has 6 aromatic rings. The summed E-state index contributed by atoms with van der Waals surface area (Å²) in [5.41, 5.74) is 7.41. The number of fused-ring (bicyclic) bond motifs is 4. The van der Waals surface area contributed by atoms with E-state index in [2.05, 4.69) is 75.2 Å². The standard InChI is InChI=1S/C51H56N8O6/c1-29(2)42(57-50(63)65-5)47(60)59-24-10-14-41(59)46-53-38-22-20-35-26-34(19-21-37(35)44(38)55-46)31-15-16-33-27-36(18-17-32(33)25-31)39-28-52-45(54-39)40-13-9-23-58(40)48(61)43(30-11-7-6-8-12-30)56-49(62)51(3,4)64/h6-8,11-12,15-19,21,25-29,40-43,64H,9-10,13-14,20,22-24H2,1-5H3,(H,52,54)(H,53,55)(H,56,62)(H,57,63)/t40-,41-,42-,43+/m0/s1. The molecule has 4 atom stereocenters. The number of alkyl carbamates (subject to hydrolysis) is 1. The molecular formula is C51H56N8O6. The van der Waals surface area contributed by atoms with Crippen molar-refractivity contribution < 1.29 is 29.0 Å². The lowest BCUT2D eigenvalue weighted by molar-refractivity contribution is -0.143. The van der Waals surface area contributed by atoms with Crippen LogP contribution in [0.1, 0.15) is 100.0 Å². The molecule has 4 aromatic carbocycles. The van der Waals surface area contributed by atoms with Crippen molar-refractivity contribution in [3.8, 4) is 33.6 Å². The normalized spacial score (nSPS) is 18.0. The number of aliphatic hydroxyl groups is 1. The number of aromatic amines is 2. The number of rotatable bonds is 11. The Morgan fingerprint density at radius 3 is 2.12 bits per heavy atom. The number of methoxy groups -OCH3 is 1. The lowest BCUT2D eigenvalue weighted by Crippen LogP contribution is -2.51. The highest BCUT2D eigenvalue weighted by Crippen LogP contribution is 2.40. The van der Waals surface area contributed by atoms with Gasteiger partial charge in [0.25, 0.3) is 5.91 Å². The van der Waals surface area contributed by atoms with Crippen molar-refractivity contribution in [2.24, 2.45) is 5.92 Å². The molecule has 0 bridgehead atoms. The minimum absolute atomic E-state index is 0.106. The maximum Gasteiger partial charge on any atom is 0.407 e. The third-order valence-corrected chi connectivity index (χ3v) is 13.2. The van der Waals surface area contributed by atoms with E-state index in [-0.39, 0.29) is 29.8 Å². The van der Waals surface area contributed by atoms with Crippen LogP contribution in [0.4, 0.5) is 4.79 Å². The highest BCUT2D eigenvalue weighted by molar-refractivity contribution is 5.93. The number of carbonyl (C=O) groups excluding carboxylic acids is 4. The summed E-state index contributed by atoms with van der Waals surface area (Å²) in [5, 5.41) is 18.1. The van der Waals surface area contributed by atoms with E-state index in [1.807, 2.05) is 43.1 Å². The van der Waals surface area contributed by atoms with Gasteiger partial charge in [0.2, 0.25) is 11.8 Å². The van der Waals surface area contributed by atoms with Crippen molar-refractivity contribution in [2.75, 3.05) is 20.2 Å². The summed E-state index contributed by atoms with van der Waals surface area (Å²) in [6.07, 6.45) is 6.06. The number of nitrogens with zero attached hydrogens (tertiary/aromatic N) is 4. The zero-order valence-corrected chi connectivity index (χ0v) is 37.5. The first-order valence-corrected chi connectivity index (χ1v) is 22.6. The molecule has 65 heavy (non-hydrogen) atoms. The van der Waals surface area contributed by atoms with Crippen LogP contribution in [0, 0.1) is 5.92 Å². The number of carbonyl (C=O) groups is 4. The van der Waals surface area contributed by atoms with E-state index >= 15 is 0 Å². The summed E-state index contributed by atoms with van der Waals surface area (Å²) in [7, 11) is 1.30. The number of likely N-dealkylation sites (tertiary alicyclic amines) is 2. The third-order valence-electron chi connectivity index (χ3n) is 13.2. The molecule has 2 aliphatic heterocycles. The van der Waals surface area contributed by atoms with Crippen LogP contribution in [-0.2, 0) is 32.0 Å². The number of hydrogen-bond acceptors (Lipinski definition) is 8. The minimum Gasteiger partial charge on any atom is -0.453 e. The molecule has 2 aromatic heterocycles. The topological polar surface area (TPSA) is 186 Å². The average Bonchev–Trinajstić information content (AvgIpc) is 4.15. The second-order valence-electron chi connectivity index (χ2n) is 18.4. The van der Waals surface area contributed by atoms with Crippen molar-refractivity contribution in [1.29, 1.82) is 0 Å². The molecule has 2 saturated heterocycles. The third kappa shape index (κ3) is 8.62. The molecule has 14 nitrogen and oxygen atoms in total. The van der Waals surface area contributed by atoms with Gasteiger partial charge in [-0.2, -0.15) is 0 Å². The summed E-state index contributed by atoms with van der Waals surface area (Å²) in [5.74, 6) is 0.379. The van der Waals surface area contributed by atoms with Gasteiger partial charge in [-0.25, -0.2) is 14.8 Å². The summed E-state index contributed by atoms with van der Waals surface area (Å²) in [4.78, 5) is 73.5. The zero-order chi connectivity index (χ0) is 45.6. The van der Waals surface area contributed by atoms with Gasteiger partial charge in [-0.1, -0.05) is 86.6 Å². The number of aromatic nitrogens is 4. The Balaban J connectivity index is 0.905. The molecular weight excluding hydrogens is 821 g/mol. The largest absolute Gasteiger partial charge is 0.453 e. The van der Waals surface area contributed by atoms with Gasteiger partial charge >= 0.3 is 6.09 Å². The monoisotopic (exact) mass is 876 g/mol. The highest BCUT2D eigenvalue weighted by atomic mass is 16.5. The highest BCUT2D eigenvalue weighted by Gasteiger charge is 2.40. The maximum atomic E-state index is 14.2. The van der Waals surface area contributed by atoms with Crippen LogP contribution in [0.15, 0.2) is 91.1 Å². The summed E-state index contributed by atoms with van der Waals surface area (Å²) < 4.78 is 4.80. The maximum absolute atomic E-state index is 14.2. The molecule has 1 aliphatic carbocycles. The van der Waals surface area contributed by atoms with Crippen LogP contribution in [0.2, 0.25) is 0 Å². The van der Waals surface area contributed by atoms with E-state index < -0.39 is 29.7 Å². The number of hydrogen-bond donors (Lipinski definition) is 5. The van der Waals surface area contributed by atoms with Crippen LogP contribution in [0.3, 0.4) is 0 Å². The molecule has 0 spiro atoms. The number of imidazole rings is 2. The zero-order valence-electron chi connectivity index (χ0n) is 37.5. The smallest absolute Gasteiger partial charge is 0.407 e. The summed E-state index contributed by atoms with van der Waals surface area (Å²) in [6.45, 7) is 7.77. The molecule has 4 heterocycles. The lowest BCUT2D eigenvalue weighted by Gasteiger charge is -2.30. The van der Waals surface area contributed by atoms with Crippen molar-refractivity contribution in [3.63, 3.8) is 0 Å². The van der Waals surface area contributed by atoms with Gasteiger partial charge < -0.3 is 40.2 Å². The number of H-pyrrole nitrogens is 2. The van der Waals surface area contributed by atoms with Crippen LogP contribution < -0.4 is 10.6 Å². The fraction of sp³-hybridized carbons (Fsp3) is 0.373. The van der Waals surface area contributed by atoms with Crippen LogP contribution in [0.5, 0.6) is 0 Å². The van der Waals surface area contributed by atoms with Crippen molar-refractivity contribution >= 4 is 34.6 Å². The number of nitrogens with one attached hydrogen (secondary N) is 4. The Bertz CT molecular complexity index is 2770. The van der Waals surface area contributed by atoms with Gasteiger partial charge in [-0.3, -0.25) is 14.4 Å². The van der Waals surface area contributed by atoms with Gasteiger partial charge in [0.15, 0.2) is 0 Å². The quantitative estimate of drug-likeness (QED) is 0.0876. The predicted molar refractivity (Wildman–Crippen MR) is 247 cm³/mol. The Hall–Kier alpha value is -6.80. The molecule has 0 radical (unpaired) electrons. The molecule has 9 rings (SSSR count). The van der Waals surface area contributed by atoms with Crippen molar-refractivity contribution in [3.05, 3.63) is 120 Å². The predicted octanol–water partition coefficient (Wildman–Crippen LogP) is 7.72. The van der Waals surface area contributed by atoms with Gasteiger partial charge in [-0.15, -0.1) is 0 Å². The molecule has 0 saturated carbocycles. The molecule has 4 amide bonds. The molecule has 336 valence electrons. The van der Waals surface area contributed by atoms with Crippen LogP contribution in [0.25, 0.3) is 44.4 Å². The molecule has 5 N–H and O–H groups in total. The van der Waals surface area contributed by atoms with Gasteiger partial charge in [0.1, 0.15) is 29.3 Å². The Morgan fingerprint density at radius 2 is 1.43 bits per heavy atom. The van der Waals surface area contributed by atoms with E-state index in [9.17, 15) is 24.3 Å². The van der Waals surface area contributed by atoms with Crippen molar-refractivity contribution in [1.82, 2.24) is 40.4 Å². The summed E-state index contributed by atoms with van der Waals surface area (Å²) in [6, 6.07) is 26.4. The minimum atomic E-state index is -1.65. The fourth-order valence-electron chi connectivity index (χ4n) is 9.62. The van der Waals surface area contributed by atoms with E-state index in [0.717, 1.165) is 94.5 Å². The van der Waals surface area contributed by atoms with Gasteiger partial charge in [0.05, 0.1) is 36.8 Å². The van der Waals surface area contributed by atoms with E-state index in [1.54, 1.807) is 17.0 Å². The first-order chi connectivity index (χ1) is 31.3. The molecule has 0 unspecified atom stereocenters. The SMILES string of the molecule is COC(=O)N[C@H](C(=O)N1CCC[C@H]1c1nc2c([nH]1)CCc1cc(-c3ccc4cc(-c5cnc([C@@H]6CCCN6C(=O)[C@H](NC(=O)C(C)(C)O)c6ccccc6)[nH]5)ccc4c3)ccc1-2)C(C)C. The van der Waals surface area contributed by atoms with Gasteiger partial charge in [0, 0.05) is 29.9 Å². The van der Waals surface area contributed by atoms with Crippen LogP contribution in [-0.4, -0.2) is 90.5 Å². The summed E-state index contributed by atoms with van der Waals surface area (Å²) >= 11 is 0. The van der Waals surface area contributed by atoms with Crippen LogP contribution >= 0.6 is 0 Å². The average molecular weight is 877 g/mol. The first-order valence-electron chi connectivity index (χ1n) is 22.6. The van der Waals surface area contributed by atoms with E-state index in [4.69, 9.17) is 14.7 Å². The Labute approximate surface area is 378 Å². The number of amides is 4. The Kier molecular flexibility index (Phi) is 11.8.